The van der Waals surface area contributed by atoms with Gasteiger partial charge in [0.15, 0.2) is 5.65 Å². The fraction of sp³-hybridized carbons (Fsp3) is 0.0500. The molecule has 29 heavy (non-hydrogen) atoms. The highest BCUT2D eigenvalue weighted by molar-refractivity contribution is 5.89. The van der Waals surface area contributed by atoms with Gasteiger partial charge in [0.1, 0.15) is 11.6 Å². The number of hydrogen-bond donors (Lipinski definition) is 2. The first-order chi connectivity index (χ1) is 14.1. The van der Waals surface area contributed by atoms with Crippen LogP contribution in [0, 0.1) is 10.1 Å². The maximum Gasteiger partial charge on any atom is 0.269 e. The number of rotatable bonds is 6. The standard InChI is InChI=1S/C20H16N6O3/c1-29-16-10-6-13(7-11-16)22-19-17-3-2-12-21-18(17)24-20(25-19)23-14-4-8-15(9-5-14)26(27)28/h2-12H,1H3,(H2,21,22,23,24,25). The molecule has 0 amide bonds. The number of nitro groups is 1. The van der Waals surface area contributed by atoms with Crippen molar-refractivity contribution in [1.29, 1.82) is 0 Å². The monoisotopic (exact) mass is 388 g/mol. The summed E-state index contributed by atoms with van der Waals surface area (Å²) in [4.78, 5) is 23.7. The van der Waals surface area contributed by atoms with Gasteiger partial charge >= 0.3 is 0 Å². The number of nitro benzene ring substituents is 1. The van der Waals surface area contributed by atoms with Crippen molar-refractivity contribution in [2.75, 3.05) is 17.7 Å². The van der Waals surface area contributed by atoms with E-state index in [9.17, 15) is 10.1 Å². The fourth-order valence-corrected chi connectivity index (χ4v) is 2.72. The number of nitrogens with zero attached hydrogens (tertiary/aromatic N) is 4. The van der Waals surface area contributed by atoms with E-state index in [2.05, 4.69) is 25.6 Å². The molecule has 144 valence electrons. The van der Waals surface area contributed by atoms with Crippen molar-refractivity contribution in [3.05, 3.63) is 77.0 Å². The summed E-state index contributed by atoms with van der Waals surface area (Å²) in [7, 11) is 1.61. The summed E-state index contributed by atoms with van der Waals surface area (Å²) in [6.45, 7) is 0. The molecule has 2 N–H and O–H groups in total. The highest BCUT2D eigenvalue weighted by Crippen LogP contribution is 2.26. The zero-order valence-electron chi connectivity index (χ0n) is 15.4. The van der Waals surface area contributed by atoms with Crippen LogP contribution in [0.1, 0.15) is 0 Å². The lowest BCUT2D eigenvalue weighted by molar-refractivity contribution is -0.384. The summed E-state index contributed by atoms with van der Waals surface area (Å²) < 4.78 is 5.18. The van der Waals surface area contributed by atoms with Crippen LogP contribution in [0.25, 0.3) is 11.0 Å². The lowest BCUT2D eigenvalue weighted by atomic mass is 10.2. The molecular weight excluding hydrogens is 372 g/mol. The minimum Gasteiger partial charge on any atom is -0.497 e. The van der Waals surface area contributed by atoms with Gasteiger partial charge in [0, 0.05) is 29.7 Å². The van der Waals surface area contributed by atoms with Crippen molar-refractivity contribution in [2.45, 2.75) is 0 Å². The second-order valence-electron chi connectivity index (χ2n) is 6.05. The molecule has 0 spiro atoms. The van der Waals surface area contributed by atoms with Gasteiger partial charge in [0.25, 0.3) is 5.69 Å². The number of fused-ring (bicyclic) bond motifs is 1. The molecule has 4 rings (SSSR count). The topological polar surface area (TPSA) is 115 Å². The summed E-state index contributed by atoms with van der Waals surface area (Å²) in [5.41, 5.74) is 1.98. The zero-order chi connectivity index (χ0) is 20.2. The third-order valence-corrected chi connectivity index (χ3v) is 4.16. The van der Waals surface area contributed by atoms with Crippen LogP contribution in [0.4, 0.5) is 28.8 Å². The maximum atomic E-state index is 10.8. The van der Waals surface area contributed by atoms with Crippen molar-refractivity contribution in [2.24, 2.45) is 0 Å². The Labute approximate surface area is 165 Å². The minimum atomic E-state index is -0.447. The van der Waals surface area contributed by atoms with Crippen LogP contribution in [0.2, 0.25) is 0 Å². The average Bonchev–Trinajstić information content (AvgIpc) is 2.75. The van der Waals surface area contributed by atoms with Crippen LogP contribution in [0.15, 0.2) is 66.9 Å². The van der Waals surface area contributed by atoms with Gasteiger partial charge in [-0.2, -0.15) is 9.97 Å². The molecule has 2 aromatic carbocycles. The van der Waals surface area contributed by atoms with Gasteiger partial charge in [-0.1, -0.05) is 0 Å². The molecule has 0 radical (unpaired) electrons. The van der Waals surface area contributed by atoms with Crippen molar-refractivity contribution in [3.63, 3.8) is 0 Å². The number of hydrogen-bond acceptors (Lipinski definition) is 8. The molecule has 0 atom stereocenters. The van der Waals surface area contributed by atoms with Gasteiger partial charge in [0.05, 0.1) is 17.4 Å². The van der Waals surface area contributed by atoms with E-state index < -0.39 is 4.92 Å². The first kappa shape index (κ1) is 18.1. The van der Waals surface area contributed by atoms with Crippen molar-refractivity contribution >= 4 is 39.9 Å². The van der Waals surface area contributed by atoms with E-state index in [4.69, 9.17) is 4.74 Å². The van der Waals surface area contributed by atoms with Gasteiger partial charge in [-0.25, -0.2) is 4.98 Å². The third kappa shape index (κ3) is 4.03. The molecule has 9 nitrogen and oxygen atoms in total. The predicted molar refractivity (Wildman–Crippen MR) is 110 cm³/mol. The normalized spacial score (nSPS) is 10.5. The van der Waals surface area contributed by atoms with Gasteiger partial charge < -0.3 is 15.4 Å². The molecule has 9 heteroatoms. The molecule has 0 aliphatic heterocycles. The number of anilines is 4. The first-order valence-electron chi connectivity index (χ1n) is 8.68. The minimum absolute atomic E-state index is 0.0125. The molecule has 0 unspecified atom stereocenters. The maximum absolute atomic E-state index is 10.8. The van der Waals surface area contributed by atoms with Crippen LogP contribution in [-0.4, -0.2) is 27.0 Å². The van der Waals surface area contributed by atoms with Crippen LogP contribution in [0.3, 0.4) is 0 Å². The number of non-ortho nitro benzene ring substituents is 1. The number of benzene rings is 2. The summed E-state index contributed by atoms with van der Waals surface area (Å²) in [5.74, 6) is 1.66. The predicted octanol–water partition coefficient (Wildman–Crippen LogP) is 4.43. The quantitative estimate of drug-likeness (QED) is 0.368. The number of nitrogens with one attached hydrogen (secondary N) is 2. The Hall–Kier alpha value is -4.27. The molecule has 0 aliphatic carbocycles. The van der Waals surface area contributed by atoms with E-state index in [1.165, 1.54) is 12.1 Å². The highest BCUT2D eigenvalue weighted by atomic mass is 16.6. The van der Waals surface area contributed by atoms with E-state index in [0.29, 0.717) is 23.1 Å². The van der Waals surface area contributed by atoms with E-state index in [1.54, 1.807) is 25.4 Å². The van der Waals surface area contributed by atoms with E-state index >= 15 is 0 Å². The van der Waals surface area contributed by atoms with E-state index in [-0.39, 0.29) is 5.69 Å². The lowest BCUT2D eigenvalue weighted by Gasteiger charge is -2.12. The Morgan fingerprint density at radius 3 is 2.31 bits per heavy atom. The second kappa shape index (κ2) is 7.77. The molecule has 2 aromatic heterocycles. The van der Waals surface area contributed by atoms with Gasteiger partial charge in [-0.15, -0.1) is 0 Å². The Morgan fingerprint density at radius 1 is 0.931 bits per heavy atom. The molecule has 0 saturated carbocycles. The number of methoxy groups -OCH3 is 1. The van der Waals surface area contributed by atoms with Crippen LogP contribution in [-0.2, 0) is 0 Å². The Morgan fingerprint density at radius 2 is 1.62 bits per heavy atom. The fourth-order valence-electron chi connectivity index (χ4n) is 2.72. The van der Waals surface area contributed by atoms with Crippen molar-refractivity contribution in [1.82, 2.24) is 15.0 Å². The number of ether oxygens (including phenoxy) is 1. The number of aromatic nitrogens is 3. The summed E-state index contributed by atoms with van der Waals surface area (Å²) in [6.07, 6.45) is 1.65. The van der Waals surface area contributed by atoms with Gasteiger partial charge in [-0.3, -0.25) is 10.1 Å². The molecular formula is C20H16N6O3. The van der Waals surface area contributed by atoms with Gasteiger partial charge in [0.2, 0.25) is 5.95 Å². The summed E-state index contributed by atoms with van der Waals surface area (Å²) >= 11 is 0. The van der Waals surface area contributed by atoms with Crippen molar-refractivity contribution < 1.29 is 9.66 Å². The lowest BCUT2D eigenvalue weighted by Crippen LogP contribution is -2.03. The molecule has 0 saturated heterocycles. The zero-order valence-corrected chi connectivity index (χ0v) is 15.4. The second-order valence-corrected chi connectivity index (χ2v) is 6.05. The van der Waals surface area contributed by atoms with Crippen LogP contribution in [0.5, 0.6) is 5.75 Å². The van der Waals surface area contributed by atoms with Crippen LogP contribution < -0.4 is 15.4 Å². The SMILES string of the molecule is COc1ccc(Nc2nc(Nc3ccc([N+](=O)[O-])cc3)nc3ncccc23)cc1. The summed E-state index contributed by atoms with van der Waals surface area (Å²) in [6, 6.07) is 17.2. The summed E-state index contributed by atoms with van der Waals surface area (Å²) in [5, 5.41) is 17.9. The largest absolute Gasteiger partial charge is 0.497 e. The van der Waals surface area contributed by atoms with Gasteiger partial charge in [-0.05, 0) is 48.5 Å². The Balaban J connectivity index is 1.67. The highest BCUT2D eigenvalue weighted by Gasteiger charge is 2.10. The molecule has 0 fully saturated rings. The van der Waals surface area contributed by atoms with Crippen LogP contribution >= 0.6 is 0 Å². The average molecular weight is 388 g/mol. The first-order valence-corrected chi connectivity index (χ1v) is 8.68. The Bertz CT molecular complexity index is 1160. The van der Waals surface area contributed by atoms with Crippen molar-refractivity contribution in [3.8, 4) is 5.75 Å². The molecule has 2 heterocycles. The smallest absolute Gasteiger partial charge is 0.269 e. The molecule has 0 aliphatic rings. The third-order valence-electron chi connectivity index (χ3n) is 4.16. The molecule has 4 aromatic rings. The Kier molecular flexibility index (Phi) is 4.85. The van der Waals surface area contributed by atoms with E-state index in [0.717, 1.165) is 16.8 Å². The number of pyridine rings is 1. The van der Waals surface area contributed by atoms with E-state index in [1.807, 2.05) is 36.4 Å². The molecule has 0 bridgehead atoms.